The van der Waals surface area contributed by atoms with Gasteiger partial charge in [0.25, 0.3) is 0 Å². The van der Waals surface area contributed by atoms with Gasteiger partial charge in [0.05, 0.1) is 7.11 Å². The third kappa shape index (κ3) is 3.82. The van der Waals surface area contributed by atoms with Crippen molar-refractivity contribution in [3.63, 3.8) is 0 Å². The maximum Gasteiger partial charge on any atom is 0.349 e. The minimum Gasteiger partial charge on any atom is -0.465 e. The molecule has 0 aromatic carbocycles. The van der Waals surface area contributed by atoms with Gasteiger partial charge >= 0.3 is 5.97 Å². The minimum absolute atomic E-state index is 0.0424. The Hall–Kier alpha value is -0.960. The average molecular weight is 332 g/mol. The molecule has 0 atom stereocenters. The summed E-state index contributed by atoms with van der Waals surface area (Å²) >= 11 is 1.09. The highest BCUT2D eigenvalue weighted by atomic mass is 32.2. The summed E-state index contributed by atoms with van der Waals surface area (Å²) in [5, 5.41) is 1.65. The van der Waals surface area contributed by atoms with Gasteiger partial charge in [0.15, 0.2) is 0 Å². The number of ether oxygens (including phenoxy) is 1. The summed E-state index contributed by atoms with van der Waals surface area (Å²) in [6, 6.07) is 0. The Labute approximate surface area is 129 Å². The number of carbonyl (C=O) groups is 1. The highest BCUT2D eigenvalue weighted by Gasteiger charge is 2.27. The number of methoxy groups -OCH3 is 1. The number of aryl methyl sites for hydroxylation is 1. The molecule has 2 rings (SSSR count). The molecule has 0 saturated carbocycles. The first-order valence-corrected chi connectivity index (χ1v) is 9.20. The molecule has 1 N–H and O–H groups in total. The number of carbonyl (C=O) groups excluding carboxylic acids is 1. The number of rotatable bonds is 6. The van der Waals surface area contributed by atoms with Crippen LogP contribution in [0, 0.1) is 6.92 Å². The molecule has 1 aromatic heterocycles. The zero-order valence-corrected chi connectivity index (χ0v) is 13.8. The Morgan fingerprint density at radius 1 is 1.43 bits per heavy atom. The lowest BCUT2D eigenvalue weighted by Crippen LogP contribution is -2.34. The maximum atomic E-state index is 12.4. The van der Waals surface area contributed by atoms with Crippen molar-refractivity contribution in [2.75, 3.05) is 33.3 Å². The summed E-state index contributed by atoms with van der Waals surface area (Å²) in [5.74, 6) is -0.618. The second-order valence-corrected chi connectivity index (χ2v) is 7.60. The number of esters is 1. The lowest BCUT2D eigenvalue weighted by atomic mass is 10.3. The number of nitrogens with one attached hydrogen (secondary N) is 1. The molecule has 6 nitrogen and oxygen atoms in total. The molecule has 0 aliphatic carbocycles. The molecule has 1 aliphatic heterocycles. The zero-order valence-electron chi connectivity index (χ0n) is 12.2. The highest BCUT2D eigenvalue weighted by Crippen LogP contribution is 2.27. The van der Waals surface area contributed by atoms with Crippen LogP contribution in [-0.2, 0) is 14.8 Å². The fraction of sp³-hybridized carbons (Fsp3) is 0.615. The largest absolute Gasteiger partial charge is 0.465 e. The monoisotopic (exact) mass is 332 g/mol. The standard InChI is InChI=1S/C13H20N2O4S2/c1-10-9-20-11(13(16)19-2)12(10)21(17,18)14-5-8-15-6-3-4-7-15/h9,14H,3-8H2,1-2H3. The predicted octanol–water partition coefficient (Wildman–Crippen LogP) is 1.22. The fourth-order valence-electron chi connectivity index (χ4n) is 2.42. The Balaban J connectivity index is 2.08. The second-order valence-electron chi connectivity index (χ2n) is 5.02. The highest BCUT2D eigenvalue weighted by molar-refractivity contribution is 7.89. The molecule has 8 heteroatoms. The first kappa shape index (κ1) is 16.4. The molecule has 0 bridgehead atoms. The second kappa shape index (κ2) is 6.87. The van der Waals surface area contributed by atoms with Gasteiger partial charge in [0, 0.05) is 13.1 Å². The van der Waals surface area contributed by atoms with Crippen molar-refractivity contribution in [3.05, 3.63) is 15.8 Å². The summed E-state index contributed by atoms with van der Waals surface area (Å²) in [4.78, 5) is 14.1. The van der Waals surface area contributed by atoms with E-state index in [0.717, 1.165) is 24.4 Å². The number of sulfonamides is 1. The topological polar surface area (TPSA) is 75.7 Å². The van der Waals surface area contributed by atoms with Gasteiger partial charge in [-0.2, -0.15) is 0 Å². The molecule has 1 fully saturated rings. The van der Waals surface area contributed by atoms with E-state index >= 15 is 0 Å². The van der Waals surface area contributed by atoms with Crippen LogP contribution < -0.4 is 4.72 Å². The van der Waals surface area contributed by atoms with Crippen molar-refractivity contribution in [3.8, 4) is 0 Å². The molecule has 0 unspecified atom stereocenters. The summed E-state index contributed by atoms with van der Waals surface area (Å²) in [7, 11) is -2.45. The van der Waals surface area contributed by atoms with Gasteiger partial charge in [-0.1, -0.05) is 0 Å². The Morgan fingerprint density at radius 2 is 2.10 bits per heavy atom. The summed E-state index contributed by atoms with van der Waals surface area (Å²) < 4.78 is 32.0. The summed E-state index contributed by atoms with van der Waals surface area (Å²) in [6.45, 7) is 4.76. The molecule has 0 radical (unpaired) electrons. The van der Waals surface area contributed by atoms with E-state index < -0.39 is 16.0 Å². The van der Waals surface area contributed by atoms with E-state index in [0.29, 0.717) is 18.7 Å². The quantitative estimate of drug-likeness (QED) is 0.793. The van der Waals surface area contributed by atoms with E-state index in [-0.39, 0.29) is 9.77 Å². The molecule has 21 heavy (non-hydrogen) atoms. The van der Waals surface area contributed by atoms with E-state index in [2.05, 4.69) is 14.4 Å². The molecule has 1 saturated heterocycles. The Bertz CT molecular complexity index is 604. The van der Waals surface area contributed by atoms with Crippen molar-refractivity contribution >= 4 is 27.3 Å². The van der Waals surface area contributed by atoms with Crippen LogP contribution in [0.3, 0.4) is 0 Å². The first-order chi connectivity index (χ1) is 9.95. The van der Waals surface area contributed by atoms with Gasteiger partial charge < -0.3 is 9.64 Å². The van der Waals surface area contributed by atoms with E-state index in [1.807, 2.05) is 0 Å². The molecule has 1 aliphatic rings. The van der Waals surface area contributed by atoms with Crippen LogP contribution in [0.5, 0.6) is 0 Å². The molecular formula is C13H20N2O4S2. The van der Waals surface area contributed by atoms with Gasteiger partial charge in [0.2, 0.25) is 10.0 Å². The smallest absolute Gasteiger partial charge is 0.349 e. The number of nitrogens with zero attached hydrogens (tertiary/aromatic N) is 1. The molecular weight excluding hydrogens is 312 g/mol. The Kier molecular flexibility index (Phi) is 5.37. The predicted molar refractivity (Wildman–Crippen MR) is 81.3 cm³/mol. The van der Waals surface area contributed by atoms with Gasteiger partial charge in [-0.25, -0.2) is 17.9 Å². The number of thiophene rings is 1. The van der Waals surface area contributed by atoms with E-state index in [9.17, 15) is 13.2 Å². The van der Waals surface area contributed by atoms with Crippen LogP contribution in [0.2, 0.25) is 0 Å². The normalized spacial score (nSPS) is 16.3. The van der Waals surface area contributed by atoms with Crippen LogP contribution in [0.4, 0.5) is 0 Å². The number of likely N-dealkylation sites (tertiary alicyclic amines) is 1. The summed E-state index contributed by atoms with van der Waals surface area (Å²) in [5.41, 5.74) is 0.564. The number of hydrogen-bond acceptors (Lipinski definition) is 6. The van der Waals surface area contributed by atoms with Crippen molar-refractivity contribution < 1.29 is 17.9 Å². The zero-order chi connectivity index (χ0) is 15.5. The van der Waals surface area contributed by atoms with Crippen molar-refractivity contribution in [1.29, 1.82) is 0 Å². The molecule has 118 valence electrons. The van der Waals surface area contributed by atoms with Crippen molar-refractivity contribution in [1.82, 2.24) is 9.62 Å². The fourth-order valence-corrected chi connectivity index (χ4v) is 5.14. The van der Waals surface area contributed by atoms with Gasteiger partial charge in [-0.3, -0.25) is 0 Å². The third-order valence-corrected chi connectivity index (χ3v) is 6.33. The number of hydrogen-bond donors (Lipinski definition) is 1. The first-order valence-electron chi connectivity index (χ1n) is 6.84. The van der Waals surface area contributed by atoms with Crippen LogP contribution in [-0.4, -0.2) is 52.6 Å². The summed E-state index contributed by atoms with van der Waals surface area (Å²) in [6.07, 6.45) is 2.34. The van der Waals surface area contributed by atoms with Gasteiger partial charge in [0.1, 0.15) is 9.77 Å². The van der Waals surface area contributed by atoms with Crippen LogP contribution >= 0.6 is 11.3 Å². The van der Waals surface area contributed by atoms with Crippen molar-refractivity contribution in [2.24, 2.45) is 0 Å². The van der Waals surface area contributed by atoms with Crippen LogP contribution in [0.15, 0.2) is 10.3 Å². The lowest BCUT2D eigenvalue weighted by molar-refractivity contribution is 0.0602. The SMILES string of the molecule is COC(=O)c1scc(C)c1S(=O)(=O)NCCN1CCCC1. The third-order valence-electron chi connectivity index (χ3n) is 3.48. The maximum absolute atomic E-state index is 12.4. The molecule has 0 spiro atoms. The van der Waals surface area contributed by atoms with E-state index in [1.165, 1.54) is 20.0 Å². The Morgan fingerprint density at radius 3 is 2.71 bits per heavy atom. The van der Waals surface area contributed by atoms with Gasteiger partial charge in [-0.05, 0) is 43.8 Å². The van der Waals surface area contributed by atoms with E-state index in [1.54, 1.807) is 12.3 Å². The van der Waals surface area contributed by atoms with Crippen molar-refractivity contribution in [2.45, 2.75) is 24.7 Å². The van der Waals surface area contributed by atoms with E-state index in [4.69, 9.17) is 0 Å². The molecule has 1 aromatic rings. The van der Waals surface area contributed by atoms with Gasteiger partial charge in [-0.15, -0.1) is 11.3 Å². The molecule has 0 amide bonds. The van der Waals surface area contributed by atoms with Crippen LogP contribution in [0.25, 0.3) is 0 Å². The average Bonchev–Trinajstić information content (AvgIpc) is 3.07. The lowest BCUT2D eigenvalue weighted by Gasteiger charge is -2.15. The minimum atomic E-state index is -3.69. The molecule has 2 heterocycles. The van der Waals surface area contributed by atoms with Crippen LogP contribution in [0.1, 0.15) is 28.1 Å².